The molecule has 5 nitrogen and oxygen atoms in total. The zero-order chi connectivity index (χ0) is 23.8. The Kier molecular flexibility index (Phi) is 8.54. The Morgan fingerprint density at radius 3 is 2.33 bits per heavy atom. The summed E-state index contributed by atoms with van der Waals surface area (Å²) >= 11 is 1.60. The Morgan fingerprint density at radius 2 is 1.70 bits per heavy atom. The number of hydrogen-bond donors (Lipinski definition) is 1. The van der Waals surface area contributed by atoms with Gasteiger partial charge in [-0.2, -0.15) is 0 Å². The van der Waals surface area contributed by atoms with Crippen LogP contribution in [0.25, 0.3) is 0 Å². The third-order valence-electron chi connectivity index (χ3n) is 4.96. The van der Waals surface area contributed by atoms with Crippen LogP contribution >= 0.6 is 11.3 Å². The number of anilines is 1. The highest BCUT2D eigenvalue weighted by molar-refractivity contribution is 7.11. The molecule has 1 N–H and O–H groups in total. The number of amides is 3. The van der Waals surface area contributed by atoms with Gasteiger partial charge in [-0.1, -0.05) is 25.1 Å². The van der Waals surface area contributed by atoms with Gasteiger partial charge in [0.2, 0.25) is 5.91 Å². The summed E-state index contributed by atoms with van der Waals surface area (Å²) in [7, 11) is 0. The van der Waals surface area contributed by atoms with E-state index in [0.29, 0.717) is 31.7 Å². The van der Waals surface area contributed by atoms with Gasteiger partial charge in [0.15, 0.2) is 0 Å². The fraction of sp³-hybridized carbons (Fsp3) is 0.280. The van der Waals surface area contributed by atoms with Crippen molar-refractivity contribution < 1.29 is 18.4 Å². The van der Waals surface area contributed by atoms with Gasteiger partial charge in [0.05, 0.1) is 6.54 Å². The third-order valence-corrected chi connectivity index (χ3v) is 5.95. The molecule has 0 saturated heterocycles. The number of nitrogens with one attached hydrogen (secondary N) is 1. The number of nitrogens with zero attached hydrogens (tertiary/aromatic N) is 2. The summed E-state index contributed by atoms with van der Waals surface area (Å²) in [5, 5.41) is 2.66. The van der Waals surface area contributed by atoms with Crippen molar-refractivity contribution in [3.8, 4) is 0 Å². The summed E-state index contributed by atoms with van der Waals surface area (Å²) in [6.07, 6.45) is 0.659. The van der Waals surface area contributed by atoms with Crippen LogP contribution in [0.15, 0.2) is 60.7 Å². The summed E-state index contributed by atoms with van der Waals surface area (Å²) in [4.78, 5) is 31.4. The Labute approximate surface area is 196 Å². The van der Waals surface area contributed by atoms with Crippen LogP contribution in [0.2, 0.25) is 0 Å². The van der Waals surface area contributed by atoms with E-state index in [1.807, 2.05) is 26.0 Å². The van der Waals surface area contributed by atoms with Crippen LogP contribution in [0.5, 0.6) is 0 Å². The van der Waals surface area contributed by atoms with E-state index in [0.717, 1.165) is 15.3 Å². The number of carbonyl (C=O) groups is 2. The van der Waals surface area contributed by atoms with E-state index in [1.54, 1.807) is 34.4 Å². The molecule has 3 rings (SSSR count). The maximum Gasteiger partial charge on any atom is 0.322 e. The molecule has 0 aliphatic carbocycles. The van der Waals surface area contributed by atoms with Crippen molar-refractivity contribution >= 4 is 29.0 Å². The van der Waals surface area contributed by atoms with Crippen molar-refractivity contribution in [2.75, 3.05) is 18.4 Å². The highest BCUT2D eigenvalue weighted by Crippen LogP contribution is 2.19. The minimum absolute atomic E-state index is 0.124. The number of carbonyl (C=O) groups excluding carboxylic acids is 2. The minimum Gasteiger partial charge on any atom is -0.332 e. The lowest BCUT2D eigenvalue weighted by Crippen LogP contribution is -2.44. The first kappa shape index (κ1) is 24.4. The predicted molar refractivity (Wildman–Crippen MR) is 127 cm³/mol. The Morgan fingerprint density at radius 1 is 0.939 bits per heavy atom. The fourth-order valence-electron chi connectivity index (χ4n) is 3.36. The minimum atomic E-state index is -0.468. The average molecular weight is 472 g/mol. The van der Waals surface area contributed by atoms with E-state index in [-0.39, 0.29) is 18.3 Å². The first-order valence-corrected chi connectivity index (χ1v) is 11.5. The van der Waals surface area contributed by atoms with Gasteiger partial charge >= 0.3 is 6.03 Å². The highest BCUT2D eigenvalue weighted by Gasteiger charge is 2.22. The Balaban J connectivity index is 1.75. The molecule has 1 aromatic heterocycles. The Hall–Kier alpha value is -3.26. The molecule has 0 unspecified atom stereocenters. The molecule has 0 bridgehead atoms. The number of hydrogen-bond acceptors (Lipinski definition) is 3. The molecule has 0 saturated carbocycles. The topological polar surface area (TPSA) is 52.7 Å². The second-order valence-corrected chi connectivity index (χ2v) is 9.12. The number of halogens is 2. The lowest BCUT2D eigenvalue weighted by Gasteiger charge is -2.27. The van der Waals surface area contributed by atoms with Crippen LogP contribution in [-0.2, 0) is 17.9 Å². The smallest absolute Gasteiger partial charge is 0.322 e. The van der Waals surface area contributed by atoms with Gasteiger partial charge in [-0.3, -0.25) is 4.79 Å². The van der Waals surface area contributed by atoms with E-state index in [9.17, 15) is 18.4 Å². The van der Waals surface area contributed by atoms with Gasteiger partial charge in [0.25, 0.3) is 0 Å². The summed E-state index contributed by atoms with van der Waals surface area (Å²) in [6.45, 7) is 4.84. The molecule has 0 radical (unpaired) electrons. The molecule has 3 aromatic rings. The summed E-state index contributed by atoms with van der Waals surface area (Å²) in [5.41, 5.74) is 1.12. The van der Waals surface area contributed by atoms with E-state index < -0.39 is 11.8 Å². The summed E-state index contributed by atoms with van der Waals surface area (Å²) in [6, 6.07) is 15.1. The second-order valence-electron chi connectivity index (χ2n) is 7.75. The zero-order valence-corrected chi connectivity index (χ0v) is 19.5. The highest BCUT2D eigenvalue weighted by atomic mass is 32.1. The molecular weight excluding hydrogens is 444 g/mol. The van der Waals surface area contributed by atoms with Crippen molar-refractivity contribution in [3.05, 3.63) is 87.6 Å². The van der Waals surface area contributed by atoms with E-state index in [1.165, 1.54) is 35.2 Å². The van der Waals surface area contributed by atoms with Crippen LogP contribution in [0.3, 0.4) is 0 Å². The summed E-state index contributed by atoms with van der Waals surface area (Å²) < 4.78 is 26.8. The molecule has 174 valence electrons. The Bertz CT molecular complexity index is 1090. The predicted octanol–water partition coefficient (Wildman–Crippen LogP) is 5.81. The zero-order valence-electron chi connectivity index (χ0n) is 18.7. The normalized spacial score (nSPS) is 10.7. The van der Waals surface area contributed by atoms with Crippen LogP contribution in [0.4, 0.5) is 19.3 Å². The molecule has 0 spiro atoms. The van der Waals surface area contributed by atoms with Gasteiger partial charge in [-0.15, -0.1) is 11.3 Å². The second kappa shape index (κ2) is 11.6. The van der Waals surface area contributed by atoms with E-state index >= 15 is 0 Å². The monoisotopic (exact) mass is 471 g/mol. The number of benzene rings is 2. The number of urea groups is 1. The van der Waals surface area contributed by atoms with Gasteiger partial charge < -0.3 is 15.1 Å². The number of thiophene rings is 1. The lowest BCUT2D eigenvalue weighted by molar-refractivity contribution is -0.133. The molecule has 0 aliphatic heterocycles. The van der Waals surface area contributed by atoms with Crippen LogP contribution < -0.4 is 5.32 Å². The van der Waals surface area contributed by atoms with Crippen molar-refractivity contribution in [2.24, 2.45) is 0 Å². The largest absolute Gasteiger partial charge is 0.332 e. The number of rotatable bonds is 9. The molecule has 0 atom stereocenters. The van der Waals surface area contributed by atoms with E-state index in [2.05, 4.69) is 5.32 Å². The molecule has 33 heavy (non-hydrogen) atoms. The standard InChI is InChI=1S/C25H27F2N3O2S/c1-3-13-29(25(32)28-22-6-4-5-21(27)14-22)17-24(31)30(16-23-12-7-18(2)33-23)15-19-8-10-20(26)11-9-19/h4-12,14H,3,13,15-17H2,1-2H3,(H,28,32). The van der Waals surface area contributed by atoms with Crippen molar-refractivity contribution in [1.29, 1.82) is 0 Å². The fourth-order valence-corrected chi connectivity index (χ4v) is 4.26. The molecule has 1 heterocycles. The quantitative estimate of drug-likeness (QED) is 0.428. The maximum absolute atomic E-state index is 13.5. The van der Waals surface area contributed by atoms with Gasteiger partial charge in [0, 0.05) is 28.5 Å². The van der Waals surface area contributed by atoms with Gasteiger partial charge in [-0.25, -0.2) is 13.6 Å². The molecule has 0 fully saturated rings. The molecule has 3 amide bonds. The molecule has 8 heteroatoms. The molecule has 2 aromatic carbocycles. The van der Waals surface area contributed by atoms with Crippen LogP contribution in [-0.4, -0.2) is 34.8 Å². The number of aryl methyl sites for hydroxylation is 1. The summed E-state index contributed by atoms with van der Waals surface area (Å²) in [5.74, 6) is -1.02. The maximum atomic E-state index is 13.5. The van der Waals surface area contributed by atoms with Crippen molar-refractivity contribution in [2.45, 2.75) is 33.4 Å². The van der Waals surface area contributed by atoms with Crippen molar-refractivity contribution in [3.63, 3.8) is 0 Å². The van der Waals surface area contributed by atoms with Gasteiger partial charge in [-0.05, 0) is 61.4 Å². The van der Waals surface area contributed by atoms with E-state index in [4.69, 9.17) is 0 Å². The SMILES string of the molecule is CCCN(CC(=O)N(Cc1ccc(F)cc1)Cc1ccc(C)s1)C(=O)Nc1cccc(F)c1. The molecular formula is C25H27F2N3O2S. The first-order chi connectivity index (χ1) is 15.8. The first-order valence-electron chi connectivity index (χ1n) is 10.7. The van der Waals surface area contributed by atoms with Crippen molar-refractivity contribution in [1.82, 2.24) is 9.80 Å². The lowest BCUT2D eigenvalue weighted by atomic mass is 10.2. The van der Waals surface area contributed by atoms with Crippen LogP contribution in [0.1, 0.15) is 28.7 Å². The average Bonchev–Trinajstić information content (AvgIpc) is 3.19. The third kappa shape index (κ3) is 7.39. The molecule has 0 aliphatic rings. The van der Waals surface area contributed by atoms with Gasteiger partial charge in [0.1, 0.15) is 18.2 Å². The van der Waals surface area contributed by atoms with Crippen LogP contribution in [0, 0.1) is 18.6 Å².